The highest BCUT2D eigenvalue weighted by Crippen LogP contribution is 2.06. The van der Waals surface area contributed by atoms with Gasteiger partial charge in [0.05, 0.1) is 5.70 Å². The SMILES string of the molecule is C=C(C)/C(=C\C=C/C)N=N. The third-order valence-electron chi connectivity index (χ3n) is 1.00. The molecule has 0 unspecified atom stereocenters. The minimum Gasteiger partial charge on any atom is -0.204 e. The van der Waals surface area contributed by atoms with Crippen LogP contribution in [0.1, 0.15) is 13.8 Å². The molecular weight excluding hydrogens is 124 g/mol. The molecule has 0 aromatic rings. The minimum absolute atomic E-state index is 0.623. The first-order chi connectivity index (χ1) is 4.72. The predicted molar refractivity (Wildman–Crippen MR) is 42.9 cm³/mol. The van der Waals surface area contributed by atoms with Crippen molar-refractivity contribution in [2.45, 2.75) is 13.8 Å². The van der Waals surface area contributed by atoms with Gasteiger partial charge in [-0.25, -0.2) is 5.53 Å². The smallest absolute Gasteiger partial charge is 0.0873 e. The molecule has 0 radical (unpaired) electrons. The number of hydrogen-bond donors (Lipinski definition) is 1. The van der Waals surface area contributed by atoms with Crippen molar-refractivity contribution in [3.05, 3.63) is 36.1 Å². The van der Waals surface area contributed by atoms with Gasteiger partial charge in [-0.1, -0.05) is 18.7 Å². The summed E-state index contributed by atoms with van der Waals surface area (Å²) in [5, 5.41) is 3.29. The highest BCUT2D eigenvalue weighted by Gasteiger charge is 1.89. The Morgan fingerprint density at radius 1 is 1.60 bits per heavy atom. The van der Waals surface area contributed by atoms with Gasteiger partial charge in [-0.05, 0) is 25.5 Å². The molecule has 1 N–H and O–H groups in total. The normalized spacial score (nSPS) is 12.0. The van der Waals surface area contributed by atoms with E-state index in [0.717, 1.165) is 5.57 Å². The summed E-state index contributed by atoms with van der Waals surface area (Å²) in [6.45, 7) is 7.40. The fourth-order valence-electron chi connectivity index (χ4n) is 0.462. The molecule has 54 valence electrons. The van der Waals surface area contributed by atoms with Crippen LogP contribution in [0.4, 0.5) is 0 Å². The Kier molecular flexibility index (Phi) is 4.12. The molecule has 0 aliphatic heterocycles. The third-order valence-corrected chi connectivity index (χ3v) is 1.00. The molecule has 0 amide bonds. The summed E-state index contributed by atoms with van der Waals surface area (Å²) in [6.07, 6.45) is 5.48. The van der Waals surface area contributed by atoms with Crippen LogP contribution in [0.15, 0.2) is 41.2 Å². The van der Waals surface area contributed by atoms with Gasteiger partial charge < -0.3 is 0 Å². The average molecular weight is 136 g/mol. The fraction of sp³-hybridized carbons (Fsp3) is 0.250. The van der Waals surface area contributed by atoms with Gasteiger partial charge in [-0.15, -0.1) is 0 Å². The van der Waals surface area contributed by atoms with Gasteiger partial charge >= 0.3 is 0 Å². The predicted octanol–water partition coefficient (Wildman–Crippen LogP) is 3.05. The molecule has 0 aromatic heterocycles. The second kappa shape index (κ2) is 4.68. The lowest BCUT2D eigenvalue weighted by molar-refractivity contribution is 1.06. The summed E-state index contributed by atoms with van der Waals surface area (Å²) in [5.74, 6) is 0. The molecule has 0 rings (SSSR count). The number of hydrogen-bond acceptors (Lipinski definition) is 2. The number of rotatable bonds is 3. The molecule has 0 bridgehead atoms. The molecule has 0 saturated carbocycles. The third kappa shape index (κ3) is 2.97. The standard InChI is InChI=1S/C8H12N2/c1-4-5-6-8(10-9)7(2)3/h4-6,9H,2H2,1,3H3/b5-4-,8-6+,10-9?. The van der Waals surface area contributed by atoms with Crippen molar-refractivity contribution < 1.29 is 0 Å². The monoisotopic (exact) mass is 136 g/mol. The van der Waals surface area contributed by atoms with Crippen molar-refractivity contribution >= 4 is 0 Å². The summed E-state index contributed by atoms with van der Waals surface area (Å²) >= 11 is 0. The van der Waals surface area contributed by atoms with Gasteiger partial charge in [0.1, 0.15) is 0 Å². The van der Waals surface area contributed by atoms with Crippen molar-refractivity contribution in [2.24, 2.45) is 5.11 Å². The van der Waals surface area contributed by atoms with Gasteiger partial charge in [-0.2, -0.15) is 5.11 Å². The topological polar surface area (TPSA) is 36.2 Å². The quantitative estimate of drug-likeness (QED) is 0.457. The van der Waals surface area contributed by atoms with E-state index < -0.39 is 0 Å². The molecule has 2 heteroatoms. The second-order valence-electron chi connectivity index (χ2n) is 1.97. The van der Waals surface area contributed by atoms with Gasteiger partial charge in [0.2, 0.25) is 0 Å². The van der Waals surface area contributed by atoms with E-state index in [1.54, 1.807) is 6.08 Å². The van der Waals surface area contributed by atoms with Crippen LogP contribution in [0.2, 0.25) is 0 Å². The molecule has 0 aromatic carbocycles. The van der Waals surface area contributed by atoms with Crippen LogP contribution in [0.25, 0.3) is 0 Å². The van der Waals surface area contributed by atoms with Gasteiger partial charge in [0, 0.05) is 0 Å². The van der Waals surface area contributed by atoms with Gasteiger partial charge in [-0.3, -0.25) is 0 Å². The van der Waals surface area contributed by atoms with E-state index >= 15 is 0 Å². The Labute approximate surface area is 61.5 Å². The van der Waals surface area contributed by atoms with E-state index in [1.165, 1.54) is 0 Å². The van der Waals surface area contributed by atoms with E-state index in [0.29, 0.717) is 5.70 Å². The summed E-state index contributed by atoms with van der Waals surface area (Å²) in [7, 11) is 0. The Balaban J connectivity index is 4.33. The van der Waals surface area contributed by atoms with Crippen molar-refractivity contribution in [1.29, 1.82) is 5.53 Å². The second-order valence-corrected chi connectivity index (χ2v) is 1.97. The molecule has 10 heavy (non-hydrogen) atoms. The molecule has 0 aliphatic rings. The molecule has 0 aliphatic carbocycles. The van der Waals surface area contributed by atoms with Gasteiger partial charge in [0.15, 0.2) is 0 Å². The van der Waals surface area contributed by atoms with Crippen molar-refractivity contribution in [2.75, 3.05) is 0 Å². The van der Waals surface area contributed by atoms with Crippen LogP contribution < -0.4 is 0 Å². The number of allylic oxidation sites excluding steroid dienone is 4. The maximum absolute atomic E-state index is 6.73. The molecule has 0 fully saturated rings. The molecule has 2 nitrogen and oxygen atoms in total. The highest BCUT2D eigenvalue weighted by molar-refractivity contribution is 5.27. The van der Waals surface area contributed by atoms with E-state index in [2.05, 4.69) is 11.7 Å². The Morgan fingerprint density at radius 2 is 2.20 bits per heavy atom. The number of nitrogens with one attached hydrogen (secondary N) is 1. The van der Waals surface area contributed by atoms with Crippen LogP contribution in [-0.2, 0) is 0 Å². The molecule has 0 heterocycles. The summed E-state index contributed by atoms with van der Waals surface area (Å²) in [6, 6.07) is 0. The van der Waals surface area contributed by atoms with Crippen molar-refractivity contribution in [3.63, 3.8) is 0 Å². The molecule has 0 atom stereocenters. The zero-order chi connectivity index (χ0) is 7.98. The van der Waals surface area contributed by atoms with E-state index in [4.69, 9.17) is 5.53 Å². The minimum atomic E-state index is 0.623. The summed E-state index contributed by atoms with van der Waals surface area (Å²) in [5.41, 5.74) is 8.17. The maximum atomic E-state index is 6.73. The van der Waals surface area contributed by atoms with E-state index in [1.807, 2.05) is 26.0 Å². The molecule has 0 spiro atoms. The summed E-state index contributed by atoms with van der Waals surface area (Å²) in [4.78, 5) is 0. The Hall–Kier alpha value is -1.18. The lowest BCUT2D eigenvalue weighted by atomic mass is 10.2. The lowest BCUT2D eigenvalue weighted by Gasteiger charge is -1.92. The van der Waals surface area contributed by atoms with Crippen molar-refractivity contribution in [1.82, 2.24) is 0 Å². The Morgan fingerprint density at radius 3 is 2.50 bits per heavy atom. The fourth-order valence-corrected chi connectivity index (χ4v) is 0.462. The van der Waals surface area contributed by atoms with Crippen LogP contribution in [0.5, 0.6) is 0 Å². The van der Waals surface area contributed by atoms with Crippen LogP contribution in [0, 0.1) is 5.53 Å². The highest BCUT2D eigenvalue weighted by atomic mass is 15.0. The number of nitrogens with zero attached hydrogens (tertiary/aromatic N) is 1. The summed E-state index contributed by atoms with van der Waals surface area (Å²) < 4.78 is 0. The van der Waals surface area contributed by atoms with Crippen LogP contribution in [0.3, 0.4) is 0 Å². The van der Waals surface area contributed by atoms with E-state index in [9.17, 15) is 0 Å². The zero-order valence-corrected chi connectivity index (χ0v) is 6.39. The van der Waals surface area contributed by atoms with Crippen molar-refractivity contribution in [3.8, 4) is 0 Å². The average Bonchev–Trinajstić information content (AvgIpc) is 1.89. The van der Waals surface area contributed by atoms with Crippen LogP contribution in [-0.4, -0.2) is 0 Å². The van der Waals surface area contributed by atoms with E-state index in [-0.39, 0.29) is 0 Å². The first-order valence-electron chi connectivity index (χ1n) is 3.08. The van der Waals surface area contributed by atoms with Gasteiger partial charge in [0.25, 0.3) is 0 Å². The zero-order valence-electron chi connectivity index (χ0n) is 6.39. The largest absolute Gasteiger partial charge is 0.204 e. The maximum Gasteiger partial charge on any atom is 0.0873 e. The Bertz CT molecular complexity index is 187. The lowest BCUT2D eigenvalue weighted by Crippen LogP contribution is -1.75. The molecular formula is C8H12N2. The molecule has 0 saturated heterocycles. The first-order valence-corrected chi connectivity index (χ1v) is 3.08. The van der Waals surface area contributed by atoms with Crippen LogP contribution >= 0.6 is 0 Å². The first kappa shape index (κ1) is 8.82.